The van der Waals surface area contributed by atoms with Gasteiger partial charge in [0.1, 0.15) is 23.3 Å². The number of anilines is 1. The number of piperidine rings is 1. The lowest BCUT2D eigenvalue weighted by atomic mass is 9.93. The van der Waals surface area contributed by atoms with Crippen LogP contribution in [0.3, 0.4) is 0 Å². The number of carboxylic acid groups (broad SMARTS) is 1. The Balaban J connectivity index is 1.31. The maximum Gasteiger partial charge on any atom is 0.303 e. The van der Waals surface area contributed by atoms with E-state index in [1.165, 1.54) is 18.2 Å². The third-order valence-electron chi connectivity index (χ3n) is 6.15. The Labute approximate surface area is 188 Å². The van der Waals surface area contributed by atoms with Gasteiger partial charge in [-0.2, -0.15) is 0 Å². The fraction of sp³-hybridized carbons (Fsp3) is 0.240. The number of aliphatic carboxylic acids is 1. The van der Waals surface area contributed by atoms with E-state index in [1.54, 1.807) is 24.4 Å². The molecule has 6 nitrogen and oxygen atoms in total. The van der Waals surface area contributed by atoms with Gasteiger partial charge in [-0.1, -0.05) is 6.07 Å². The van der Waals surface area contributed by atoms with Gasteiger partial charge in [0, 0.05) is 31.3 Å². The Kier molecular flexibility index (Phi) is 5.50. The number of aromatic nitrogens is 3. The second-order valence-corrected chi connectivity index (χ2v) is 8.37. The van der Waals surface area contributed by atoms with E-state index >= 15 is 0 Å². The van der Waals surface area contributed by atoms with E-state index in [-0.39, 0.29) is 18.2 Å². The summed E-state index contributed by atoms with van der Waals surface area (Å²) in [5.41, 5.74) is 2.88. The van der Waals surface area contributed by atoms with E-state index < -0.39 is 11.8 Å². The topological polar surface area (TPSA) is 82.1 Å². The number of carboxylic acids is 1. The largest absolute Gasteiger partial charge is 0.481 e. The van der Waals surface area contributed by atoms with Crippen LogP contribution >= 0.6 is 0 Å². The van der Waals surface area contributed by atoms with Crippen molar-refractivity contribution >= 4 is 22.8 Å². The van der Waals surface area contributed by atoms with Crippen LogP contribution in [-0.4, -0.2) is 39.1 Å². The Morgan fingerprint density at radius 2 is 1.85 bits per heavy atom. The van der Waals surface area contributed by atoms with E-state index in [0.717, 1.165) is 37.3 Å². The number of rotatable bonds is 5. The number of aromatic amines is 1. The smallest absolute Gasteiger partial charge is 0.303 e. The Morgan fingerprint density at radius 1 is 1.06 bits per heavy atom. The summed E-state index contributed by atoms with van der Waals surface area (Å²) >= 11 is 0. The lowest BCUT2D eigenvalue weighted by Crippen LogP contribution is -2.34. The minimum Gasteiger partial charge on any atom is -0.481 e. The van der Waals surface area contributed by atoms with Gasteiger partial charge in [0.05, 0.1) is 16.6 Å². The minimum absolute atomic E-state index is 0.213. The highest BCUT2D eigenvalue weighted by atomic mass is 19.1. The van der Waals surface area contributed by atoms with Crippen molar-refractivity contribution in [3.8, 4) is 22.5 Å². The van der Waals surface area contributed by atoms with Crippen LogP contribution < -0.4 is 4.90 Å². The SMILES string of the molecule is O=C(O)CC1CCN(c2ccc(-c3ccc(-c4nc5ccc(F)cc5[nH]4)c(F)c3)cn2)CC1. The molecule has 0 amide bonds. The molecule has 0 atom stereocenters. The van der Waals surface area contributed by atoms with Crippen molar-refractivity contribution in [1.29, 1.82) is 0 Å². The number of fused-ring (bicyclic) bond motifs is 1. The molecule has 5 rings (SSSR count). The van der Waals surface area contributed by atoms with E-state index in [2.05, 4.69) is 19.9 Å². The molecule has 168 valence electrons. The van der Waals surface area contributed by atoms with Crippen molar-refractivity contribution in [3.05, 3.63) is 66.4 Å². The molecule has 0 unspecified atom stereocenters. The maximum atomic E-state index is 14.9. The highest BCUT2D eigenvalue weighted by Crippen LogP contribution is 2.29. The first kappa shape index (κ1) is 21.1. The van der Waals surface area contributed by atoms with E-state index in [1.807, 2.05) is 12.1 Å². The lowest BCUT2D eigenvalue weighted by Gasteiger charge is -2.32. The molecule has 3 heterocycles. The summed E-state index contributed by atoms with van der Waals surface area (Å²) in [5.74, 6) is -0.169. The van der Waals surface area contributed by atoms with Crippen molar-refractivity contribution < 1.29 is 18.7 Å². The number of H-pyrrole nitrogens is 1. The third kappa shape index (κ3) is 4.41. The number of carbonyl (C=O) groups is 1. The van der Waals surface area contributed by atoms with Gasteiger partial charge in [0.2, 0.25) is 0 Å². The number of imidazole rings is 1. The van der Waals surface area contributed by atoms with Crippen LogP contribution in [0.15, 0.2) is 54.7 Å². The van der Waals surface area contributed by atoms with Crippen molar-refractivity contribution in [1.82, 2.24) is 15.0 Å². The van der Waals surface area contributed by atoms with Gasteiger partial charge in [-0.3, -0.25) is 4.79 Å². The highest BCUT2D eigenvalue weighted by molar-refractivity contribution is 5.80. The van der Waals surface area contributed by atoms with Crippen molar-refractivity contribution in [2.75, 3.05) is 18.0 Å². The number of hydrogen-bond donors (Lipinski definition) is 2. The second kappa shape index (κ2) is 8.61. The first-order chi connectivity index (χ1) is 16.0. The molecular formula is C25H22F2N4O2. The third-order valence-corrected chi connectivity index (χ3v) is 6.15. The molecule has 2 aromatic carbocycles. The highest BCUT2D eigenvalue weighted by Gasteiger charge is 2.22. The number of pyridine rings is 1. The molecule has 4 aromatic rings. The van der Waals surface area contributed by atoms with Crippen molar-refractivity contribution in [3.63, 3.8) is 0 Å². The number of nitrogens with zero attached hydrogens (tertiary/aromatic N) is 3. The lowest BCUT2D eigenvalue weighted by molar-refractivity contribution is -0.138. The van der Waals surface area contributed by atoms with Crippen LogP contribution in [0.4, 0.5) is 14.6 Å². The summed E-state index contributed by atoms with van der Waals surface area (Å²) in [6.45, 7) is 1.55. The van der Waals surface area contributed by atoms with Gasteiger partial charge >= 0.3 is 5.97 Å². The molecule has 1 aliphatic heterocycles. The molecule has 1 fully saturated rings. The first-order valence-electron chi connectivity index (χ1n) is 10.8. The van der Waals surface area contributed by atoms with Gasteiger partial charge in [0.25, 0.3) is 0 Å². The average Bonchev–Trinajstić information content (AvgIpc) is 3.22. The fourth-order valence-electron chi connectivity index (χ4n) is 4.35. The Bertz CT molecular complexity index is 1310. The van der Waals surface area contributed by atoms with Gasteiger partial charge in [-0.05, 0) is 66.8 Å². The number of halogens is 2. The summed E-state index contributed by atoms with van der Waals surface area (Å²) < 4.78 is 28.3. The number of nitrogens with one attached hydrogen (secondary N) is 1. The maximum absolute atomic E-state index is 14.9. The number of benzene rings is 2. The molecule has 1 aliphatic rings. The molecule has 33 heavy (non-hydrogen) atoms. The Morgan fingerprint density at radius 3 is 2.55 bits per heavy atom. The van der Waals surface area contributed by atoms with Gasteiger partial charge in [-0.25, -0.2) is 18.7 Å². The molecule has 0 saturated carbocycles. The van der Waals surface area contributed by atoms with Crippen LogP contribution in [0.5, 0.6) is 0 Å². The van der Waals surface area contributed by atoms with Gasteiger partial charge < -0.3 is 15.0 Å². The molecular weight excluding hydrogens is 426 g/mol. The second-order valence-electron chi connectivity index (χ2n) is 8.37. The predicted octanol–water partition coefficient (Wildman–Crippen LogP) is 5.26. The first-order valence-corrected chi connectivity index (χ1v) is 10.8. The van der Waals surface area contributed by atoms with Crippen LogP contribution in [-0.2, 0) is 4.79 Å². The predicted molar refractivity (Wildman–Crippen MR) is 122 cm³/mol. The summed E-state index contributed by atoms with van der Waals surface area (Å²) in [6.07, 6.45) is 3.59. The zero-order valence-corrected chi connectivity index (χ0v) is 17.8. The normalized spacial score (nSPS) is 14.7. The number of hydrogen-bond acceptors (Lipinski definition) is 4. The molecule has 0 radical (unpaired) electrons. The molecule has 1 saturated heterocycles. The summed E-state index contributed by atoms with van der Waals surface area (Å²) in [5, 5.41) is 8.96. The average molecular weight is 448 g/mol. The molecule has 0 bridgehead atoms. The van der Waals surface area contributed by atoms with Crippen LogP contribution in [0.1, 0.15) is 19.3 Å². The summed E-state index contributed by atoms with van der Waals surface area (Å²) in [7, 11) is 0. The summed E-state index contributed by atoms with van der Waals surface area (Å²) in [6, 6.07) is 12.9. The molecule has 0 aliphatic carbocycles. The Hall–Kier alpha value is -3.81. The quantitative estimate of drug-likeness (QED) is 0.435. The molecule has 2 aromatic heterocycles. The van der Waals surface area contributed by atoms with Crippen molar-refractivity contribution in [2.24, 2.45) is 5.92 Å². The van der Waals surface area contributed by atoms with Crippen LogP contribution in [0.2, 0.25) is 0 Å². The van der Waals surface area contributed by atoms with Crippen LogP contribution in [0, 0.1) is 17.6 Å². The van der Waals surface area contributed by atoms with E-state index in [0.29, 0.717) is 28.0 Å². The van der Waals surface area contributed by atoms with E-state index in [4.69, 9.17) is 5.11 Å². The molecule has 8 heteroatoms. The van der Waals surface area contributed by atoms with Gasteiger partial charge in [-0.15, -0.1) is 0 Å². The fourth-order valence-corrected chi connectivity index (χ4v) is 4.35. The summed E-state index contributed by atoms with van der Waals surface area (Å²) in [4.78, 5) is 24.9. The molecule has 2 N–H and O–H groups in total. The van der Waals surface area contributed by atoms with Crippen molar-refractivity contribution in [2.45, 2.75) is 19.3 Å². The standard InChI is InChI=1S/C25H22F2N4O2/c26-18-3-5-21-22(13-18)30-25(29-21)19-4-1-16(12-20(19)27)17-2-6-23(28-14-17)31-9-7-15(8-10-31)11-24(32)33/h1-6,12-15H,7-11H2,(H,29,30)(H,32,33). The van der Waals surface area contributed by atoms with Crippen LogP contribution in [0.25, 0.3) is 33.5 Å². The zero-order valence-electron chi connectivity index (χ0n) is 17.8. The molecule has 0 spiro atoms. The monoisotopic (exact) mass is 448 g/mol. The van der Waals surface area contributed by atoms with Gasteiger partial charge in [0.15, 0.2) is 0 Å². The zero-order chi connectivity index (χ0) is 22.9. The minimum atomic E-state index is -0.747. The van der Waals surface area contributed by atoms with E-state index in [9.17, 15) is 13.6 Å².